The molecule has 0 unspecified atom stereocenters. The quantitative estimate of drug-likeness (QED) is 0.328. The summed E-state index contributed by atoms with van der Waals surface area (Å²) in [5, 5.41) is 2.69. The average molecular weight is 405 g/mol. The number of H-pyrrole nitrogens is 1. The van der Waals surface area contributed by atoms with Gasteiger partial charge in [-0.3, -0.25) is 0 Å². The summed E-state index contributed by atoms with van der Waals surface area (Å²) in [7, 11) is 0. The minimum absolute atomic E-state index is 1.20. The third kappa shape index (κ3) is 3.65. The van der Waals surface area contributed by atoms with Gasteiger partial charge in [0, 0.05) is 25.4 Å². The molecule has 1 nitrogen and oxygen atoms in total. The molecule has 2 aromatic carbocycles. The molecule has 3 aromatic rings. The summed E-state index contributed by atoms with van der Waals surface area (Å²) in [6.45, 7) is 2.27. The van der Waals surface area contributed by atoms with Crippen LogP contribution in [-0.2, 0) is 6.42 Å². The zero-order valence-corrected chi connectivity index (χ0v) is 15.4. The second-order valence-electron chi connectivity index (χ2n) is 6.21. The summed E-state index contributed by atoms with van der Waals surface area (Å²) < 4.78 is 1.29. The van der Waals surface area contributed by atoms with Crippen LogP contribution in [0.25, 0.3) is 21.8 Å². The van der Waals surface area contributed by atoms with Gasteiger partial charge >= 0.3 is 0 Å². The van der Waals surface area contributed by atoms with Crippen LogP contribution in [0.1, 0.15) is 51.0 Å². The predicted octanol–water partition coefficient (Wildman–Crippen LogP) is 6.83. The maximum atomic E-state index is 3.56. The third-order valence-electron chi connectivity index (χ3n) is 4.44. The number of benzene rings is 2. The van der Waals surface area contributed by atoms with Gasteiger partial charge in [-0.1, -0.05) is 51.2 Å². The molecule has 0 amide bonds. The molecule has 2 heteroatoms. The van der Waals surface area contributed by atoms with Gasteiger partial charge in [-0.25, -0.2) is 0 Å². The summed E-state index contributed by atoms with van der Waals surface area (Å²) in [6.07, 6.45) is 9.39. The van der Waals surface area contributed by atoms with Gasteiger partial charge in [-0.2, -0.15) is 0 Å². The molecule has 0 fully saturated rings. The first-order valence-corrected chi connectivity index (χ1v) is 9.55. The molecule has 1 aromatic heterocycles. The summed E-state index contributed by atoms with van der Waals surface area (Å²) >= 11 is 2.38. The lowest BCUT2D eigenvalue weighted by Crippen LogP contribution is -1.86. The summed E-state index contributed by atoms with van der Waals surface area (Å²) in [4.78, 5) is 3.56. The Morgan fingerprint density at radius 2 is 1.64 bits per heavy atom. The van der Waals surface area contributed by atoms with Gasteiger partial charge in [0.1, 0.15) is 0 Å². The Morgan fingerprint density at radius 1 is 0.818 bits per heavy atom. The van der Waals surface area contributed by atoms with Gasteiger partial charge in [0.2, 0.25) is 0 Å². The normalized spacial score (nSPS) is 11.5. The van der Waals surface area contributed by atoms with E-state index in [-0.39, 0.29) is 0 Å². The van der Waals surface area contributed by atoms with E-state index < -0.39 is 0 Å². The SMILES string of the molecule is CCCCCCCCc1ccc2c(c1)[nH]c1ccc(I)cc12. The van der Waals surface area contributed by atoms with Gasteiger partial charge in [0.15, 0.2) is 0 Å². The lowest BCUT2D eigenvalue weighted by atomic mass is 10.0. The van der Waals surface area contributed by atoms with Crippen LogP contribution in [-0.4, -0.2) is 4.98 Å². The van der Waals surface area contributed by atoms with E-state index in [0.29, 0.717) is 0 Å². The number of halogens is 1. The minimum atomic E-state index is 1.20. The monoisotopic (exact) mass is 405 g/mol. The fourth-order valence-electron chi connectivity index (χ4n) is 3.19. The van der Waals surface area contributed by atoms with Crippen LogP contribution in [0.5, 0.6) is 0 Å². The van der Waals surface area contributed by atoms with E-state index in [1.165, 1.54) is 75.9 Å². The predicted molar refractivity (Wildman–Crippen MR) is 106 cm³/mol. The fourth-order valence-corrected chi connectivity index (χ4v) is 3.68. The molecule has 3 rings (SSSR count). The van der Waals surface area contributed by atoms with Crippen molar-refractivity contribution in [1.82, 2.24) is 4.98 Å². The number of rotatable bonds is 7. The highest BCUT2D eigenvalue weighted by Gasteiger charge is 2.05. The van der Waals surface area contributed by atoms with Gasteiger partial charge in [0.05, 0.1) is 0 Å². The van der Waals surface area contributed by atoms with Crippen LogP contribution in [0.4, 0.5) is 0 Å². The van der Waals surface area contributed by atoms with Crippen LogP contribution in [0.15, 0.2) is 36.4 Å². The third-order valence-corrected chi connectivity index (χ3v) is 5.12. The molecule has 0 bridgehead atoms. The van der Waals surface area contributed by atoms with Crippen molar-refractivity contribution in [3.05, 3.63) is 45.5 Å². The molecule has 1 N–H and O–H groups in total. The van der Waals surface area contributed by atoms with Crippen molar-refractivity contribution in [3.8, 4) is 0 Å². The van der Waals surface area contributed by atoms with Crippen LogP contribution < -0.4 is 0 Å². The first-order chi connectivity index (χ1) is 10.8. The van der Waals surface area contributed by atoms with Gasteiger partial charge in [-0.05, 0) is 65.3 Å². The lowest BCUT2D eigenvalue weighted by molar-refractivity contribution is 0.607. The highest BCUT2D eigenvalue weighted by atomic mass is 127. The molecule has 0 saturated heterocycles. The molecule has 0 atom stereocenters. The van der Waals surface area contributed by atoms with Crippen molar-refractivity contribution in [2.75, 3.05) is 0 Å². The summed E-state index contributed by atoms with van der Waals surface area (Å²) in [6, 6.07) is 13.6. The standard InChI is InChI=1S/C20H24IN/c1-2-3-4-5-6-7-8-15-9-11-17-18-14-16(21)10-12-19(18)22-20(17)13-15/h9-14,22H,2-8H2,1H3. The van der Waals surface area contributed by atoms with Crippen molar-refractivity contribution >= 4 is 44.4 Å². The molecule has 0 radical (unpaired) electrons. The zero-order valence-electron chi connectivity index (χ0n) is 13.3. The van der Waals surface area contributed by atoms with Crippen molar-refractivity contribution in [2.45, 2.75) is 51.9 Å². The molecular formula is C20H24IN. The maximum Gasteiger partial charge on any atom is 0.0467 e. The number of fused-ring (bicyclic) bond motifs is 3. The molecule has 22 heavy (non-hydrogen) atoms. The van der Waals surface area contributed by atoms with Crippen molar-refractivity contribution in [1.29, 1.82) is 0 Å². The first kappa shape index (κ1) is 15.9. The Bertz CT molecular complexity index is 757. The maximum absolute atomic E-state index is 3.56. The molecule has 0 spiro atoms. The number of aromatic nitrogens is 1. The molecule has 116 valence electrons. The Balaban J connectivity index is 1.69. The molecule has 0 aliphatic heterocycles. The Labute approximate surface area is 146 Å². The topological polar surface area (TPSA) is 15.8 Å². The largest absolute Gasteiger partial charge is 0.355 e. The first-order valence-electron chi connectivity index (χ1n) is 8.48. The smallest absolute Gasteiger partial charge is 0.0467 e. The summed E-state index contributed by atoms with van der Waals surface area (Å²) in [5.41, 5.74) is 3.98. The van der Waals surface area contributed by atoms with Crippen LogP contribution in [0, 0.1) is 3.57 Å². The molecule has 1 heterocycles. The second-order valence-corrected chi connectivity index (χ2v) is 7.46. The van der Waals surface area contributed by atoms with Crippen LogP contribution >= 0.6 is 22.6 Å². The van der Waals surface area contributed by atoms with Crippen molar-refractivity contribution in [3.63, 3.8) is 0 Å². The average Bonchev–Trinajstić information content (AvgIpc) is 2.88. The van der Waals surface area contributed by atoms with Gasteiger partial charge < -0.3 is 4.98 Å². The number of aryl methyl sites for hydroxylation is 1. The number of hydrogen-bond donors (Lipinski definition) is 1. The van der Waals surface area contributed by atoms with E-state index >= 15 is 0 Å². The highest BCUT2D eigenvalue weighted by Crippen LogP contribution is 2.28. The zero-order chi connectivity index (χ0) is 15.4. The molecule has 0 saturated carbocycles. The molecule has 0 aliphatic carbocycles. The Hall–Kier alpha value is -1.03. The van der Waals surface area contributed by atoms with E-state index in [4.69, 9.17) is 0 Å². The Morgan fingerprint density at radius 3 is 2.50 bits per heavy atom. The van der Waals surface area contributed by atoms with Crippen LogP contribution in [0.2, 0.25) is 0 Å². The molecular weight excluding hydrogens is 381 g/mol. The van der Waals surface area contributed by atoms with Crippen molar-refractivity contribution in [2.24, 2.45) is 0 Å². The molecule has 0 aliphatic rings. The second kappa shape index (κ2) is 7.49. The Kier molecular flexibility index (Phi) is 5.40. The highest BCUT2D eigenvalue weighted by molar-refractivity contribution is 14.1. The van der Waals surface area contributed by atoms with E-state index in [1.54, 1.807) is 0 Å². The fraction of sp³-hybridized carbons (Fsp3) is 0.400. The number of aromatic amines is 1. The number of hydrogen-bond acceptors (Lipinski definition) is 0. The lowest BCUT2D eigenvalue weighted by Gasteiger charge is -2.02. The van der Waals surface area contributed by atoms with Crippen LogP contribution in [0.3, 0.4) is 0 Å². The van der Waals surface area contributed by atoms with Gasteiger partial charge in [-0.15, -0.1) is 0 Å². The number of nitrogens with one attached hydrogen (secondary N) is 1. The summed E-state index contributed by atoms with van der Waals surface area (Å²) in [5.74, 6) is 0. The van der Waals surface area contributed by atoms with Gasteiger partial charge in [0.25, 0.3) is 0 Å². The number of unbranched alkanes of at least 4 members (excludes halogenated alkanes) is 5. The van der Waals surface area contributed by atoms with E-state index in [0.717, 1.165) is 0 Å². The van der Waals surface area contributed by atoms with E-state index in [9.17, 15) is 0 Å². The van der Waals surface area contributed by atoms with E-state index in [2.05, 4.69) is 70.9 Å². The van der Waals surface area contributed by atoms with Crippen molar-refractivity contribution < 1.29 is 0 Å². The van der Waals surface area contributed by atoms with E-state index in [1.807, 2.05) is 0 Å². The minimum Gasteiger partial charge on any atom is -0.355 e.